The summed E-state index contributed by atoms with van der Waals surface area (Å²) in [5.41, 5.74) is 2.50. The Morgan fingerprint density at radius 1 is 1.58 bits per heavy atom. The summed E-state index contributed by atoms with van der Waals surface area (Å²) in [6.45, 7) is 3.46. The van der Waals surface area contributed by atoms with Gasteiger partial charge in [-0.1, -0.05) is 0 Å². The van der Waals surface area contributed by atoms with E-state index in [0.29, 0.717) is 24.9 Å². The van der Waals surface area contributed by atoms with E-state index in [1.807, 2.05) is 7.05 Å². The fraction of sp³-hybridized carbons (Fsp3) is 0.667. The van der Waals surface area contributed by atoms with E-state index in [1.54, 1.807) is 11.6 Å². The third-order valence-corrected chi connectivity index (χ3v) is 3.50. The zero-order valence-corrected chi connectivity index (χ0v) is 11.8. The van der Waals surface area contributed by atoms with E-state index in [0.717, 1.165) is 24.3 Å². The molecule has 0 amide bonds. The van der Waals surface area contributed by atoms with Crippen LogP contribution in [0.3, 0.4) is 0 Å². The normalized spacial score (nSPS) is 24.3. The molecule has 19 heavy (non-hydrogen) atoms. The molecule has 0 radical (unpaired) electrons. The van der Waals surface area contributed by atoms with Crippen LogP contribution < -0.4 is 5.32 Å². The highest BCUT2D eigenvalue weighted by Gasteiger charge is 2.37. The maximum absolute atomic E-state index is 11.9. The number of morpholine rings is 1. The molecule has 0 spiro atoms. The highest BCUT2D eigenvalue weighted by Crippen LogP contribution is 2.31. The second kappa shape index (κ2) is 5.48. The first-order valence-corrected chi connectivity index (χ1v) is 6.27. The van der Waals surface area contributed by atoms with E-state index in [9.17, 15) is 4.79 Å². The molecule has 106 valence electrons. The molecule has 0 aliphatic carbocycles. The number of hydrogen-bond donors (Lipinski definition) is 1. The van der Waals surface area contributed by atoms with Crippen LogP contribution >= 0.6 is 12.4 Å². The number of nitrogens with zero attached hydrogens (tertiary/aromatic N) is 2. The van der Waals surface area contributed by atoms with Gasteiger partial charge in [0.25, 0.3) is 0 Å². The van der Waals surface area contributed by atoms with Crippen molar-refractivity contribution in [2.45, 2.75) is 25.4 Å². The van der Waals surface area contributed by atoms with Gasteiger partial charge in [0.05, 0.1) is 25.9 Å². The maximum Gasteiger partial charge on any atom is 0.359 e. The molecule has 1 aromatic heterocycles. The van der Waals surface area contributed by atoms with Crippen LogP contribution in [0.1, 0.15) is 34.7 Å². The molecule has 0 aromatic carbocycles. The van der Waals surface area contributed by atoms with Crippen molar-refractivity contribution in [3.8, 4) is 0 Å². The Balaban J connectivity index is 0.00000133. The third-order valence-electron chi connectivity index (χ3n) is 3.50. The van der Waals surface area contributed by atoms with Gasteiger partial charge in [-0.2, -0.15) is 5.10 Å². The van der Waals surface area contributed by atoms with Gasteiger partial charge in [0.2, 0.25) is 0 Å². The van der Waals surface area contributed by atoms with E-state index in [2.05, 4.69) is 10.4 Å². The number of halogens is 1. The first kappa shape index (κ1) is 14.3. The molecule has 1 aromatic rings. The summed E-state index contributed by atoms with van der Waals surface area (Å²) in [5.74, 6) is -0.347. The number of rotatable bonds is 2. The van der Waals surface area contributed by atoms with Gasteiger partial charge in [-0.3, -0.25) is 4.68 Å². The molecule has 3 heterocycles. The van der Waals surface area contributed by atoms with Gasteiger partial charge in [0.1, 0.15) is 0 Å². The average Bonchev–Trinajstić information content (AvgIpc) is 2.68. The number of aryl methyl sites for hydroxylation is 1. The van der Waals surface area contributed by atoms with E-state index >= 15 is 0 Å². The number of nitrogens with one attached hydrogen (secondary N) is 1. The maximum atomic E-state index is 11.9. The van der Waals surface area contributed by atoms with Crippen molar-refractivity contribution in [3.05, 3.63) is 17.0 Å². The lowest BCUT2D eigenvalue weighted by molar-refractivity contribution is 0.0364. The fourth-order valence-corrected chi connectivity index (χ4v) is 2.76. The zero-order valence-electron chi connectivity index (χ0n) is 11.0. The summed E-state index contributed by atoms with van der Waals surface area (Å²) >= 11 is 0. The summed E-state index contributed by atoms with van der Waals surface area (Å²) in [6, 6.07) is 0.377. The molecule has 1 saturated heterocycles. The Morgan fingerprint density at radius 3 is 3.11 bits per heavy atom. The van der Waals surface area contributed by atoms with E-state index in [1.165, 1.54) is 0 Å². The average molecular weight is 288 g/mol. The van der Waals surface area contributed by atoms with Gasteiger partial charge in [-0.05, 0) is 6.92 Å². The Bertz CT molecular complexity index is 489. The van der Waals surface area contributed by atoms with Crippen molar-refractivity contribution in [2.75, 3.05) is 19.8 Å². The quantitative estimate of drug-likeness (QED) is 0.807. The van der Waals surface area contributed by atoms with Crippen molar-refractivity contribution < 1.29 is 14.3 Å². The number of carbonyl (C=O) groups is 1. The predicted molar refractivity (Wildman–Crippen MR) is 70.6 cm³/mol. The molecule has 7 heteroatoms. The van der Waals surface area contributed by atoms with Gasteiger partial charge in [0.15, 0.2) is 5.69 Å². The monoisotopic (exact) mass is 287 g/mol. The molecule has 1 N–H and O–H groups in total. The molecular weight excluding hydrogens is 270 g/mol. The molecule has 0 saturated carbocycles. The Morgan fingerprint density at radius 2 is 2.37 bits per heavy atom. The van der Waals surface area contributed by atoms with Crippen molar-refractivity contribution >= 4 is 18.4 Å². The smallest absolute Gasteiger partial charge is 0.359 e. The van der Waals surface area contributed by atoms with Crippen molar-refractivity contribution in [1.29, 1.82) is 0 Å². The largest absolute Gasteiger partial charge is 0.461 e. The number of hydrogen-bond acceptors (Lipinski definition) is 5. The van der Waals surface area contributed by atoms with Gasteiger partial charge < -0.3 is 14.8 Å². The molecule has 3 rings (SSSR count). The van der Waals surface area contributed by atoms with Crippen LogP contribution in [0.15, 0.2) is 0 Å². The summed E-state index contributed by atoms with van der Waals surface area (Å²) in [5, 5.41) is 7.79. The summed E-state index contributed by atoms with van der Waals surface area (Å²) in [7, 11) is 1.88. The summed E-state index contributed by atoms with van der Waals surface area (Å²) < 4.78 is 12.4. The molecule has 0 unspecified atom stereocenters. The number of aromatic nitrogens is 2. The Kier molecular flexibility index (Phi) is 4.13. The molecular formula is C12H18ClN3O3. The summed E-state index contributed by atoms with van der Waals surface area (Å²) in [4.78, 5) is 11.9. The van der Waals surface area contributed by atoms with Crippen LogP contribution in [-0.4, -0.2) is 41.6 Å². The standard InChI is InChI=1S/C12H17N3O3.ClH/c1-3-18-12(16)11-10-8-6-17-5-7(13-8)4-9(10)15(2)14-11;/h7-8,13H,3-6H2,1-2H3;1H/t7-,8-;/m0./s1. The predicted octanol–water partition coefficient (Wildman–Crippen LogP) is 0.604. The molecule has 2 aliphatic heterocycles. The van der Waals surface area contributed by atoms with Gasteiger partial charge >= 0.3 is 5.97 Å². The van der Waals surface area contributed by atoms with Crippen LogP contribution in [0, 0.1) is 0 Å². The lowest BCUT2D eigenvalue weighted by Crippen LogP contribution is -2.49. The highest BCUT2D eigenvalue weighted by molar-refractivity contribution is 5.89. The first-order chi connectivity index (χ1) is 8.70. The van der Waals surface area contributed by atoms with E-state index in [-0.39, 0.29) is 24.4 Å². The van der Waals surface area contributed by atoms with Gasteiger partial charge in [-0.15, -0.1) is 12.4 Å². The van der Waals surface area contributed by atoms with E-state index in [4.69, 9.17) is 9.47 Å². The van der Waals surface area contributed by atoms with Crippen LogP contribution in [0.5, 0.6) is 0 Å². The Labute approximate surface area is 117 Å². The van der Waals surface area contributed by atoms with Crippen molar-refractivity contribution in [2.24, 2.45) is 7.05 Å². The molecule has 6 nitrogen and oxygen atoms in total. The molecule has 2 atom stereocenters. The minimum absolute atomic E-state index is 0. The van der Waals surface area contributed by atoms with Crippen LogP contribution in [-0.2, 0) is 22.9 Å². The fourth-order valence-electron chi connectivity index (χ4n) is 2.76. The van der Waals surface area contributed by atoms with Crippen molar-refractivity contribution in [1.82, 2.24) is 15.1 Å². The minimum atomic E-state index is -0.347. The first-order valence-electron chi connectivity index (χ1n) is 6.27. The van der Waals surface area contributed by atoms with Gasteiger partial charge in [0, 0.05) is 30.8 Å². The number of carbonyl (C=O) groups excluding carboxylic acids is 1. The zero-order chi connectivity index (χ0) is 12.7. The molecule has 2 bridgehead atoms. The molecule has 1 fully saturated rings. The second-order valence-electron chi connectivity index (χ2n) is 4.71. The third kappa shape index (κ3) is 2.35. The highest BCUT2D eigenvalue weighted by atomic mass is 35.5. The summed E-state index contributed by atoms with van der Waals surface area (Å²) in [6.07, 6.45) is 0.842. The van der Waals surface area contributed by atoms with Crippen molar-refractivity contribution in [3.63, 3.8) is 0 Å². The lowest BCUT2D eigenvalue weighted by atomic mass is 9.93. The van der Waals surface area contributed by atoms with Crippen LogP contribution in [0.2, 0.25) is 0 Å². The molecule has 2 aliphatic rings. The lowest BCUT2D eigenvalue weighted by Gasteiger charge is -2.36. The van der Waals surface area contributed by atoms with Gasteiger partial charge in [-0.25, -0.2) is 4.79 Å². The number of esters is 1. The second-order valence-corrected chi connectivity index (χ2v) is 4.71. The SMILES string of the molecule is CCOC(=O)c1nn(C)c2c1[C@@H]1COC[C@H](C2)N1.Cl. The topological polar surface area (TPSA) is 65.4 Å². The number of fused-ring (bicyclic) bond motifs is 4. The van der Waals surface area contributed by atoms with Crippen LogP contribution in [0.4, 0.5) is 0 Å². The van der Waals surface area contributed by atoms with E-state index < -0.39 is 0 Å². The van der Waals surface area contributed by atoms with Crippen LogP contribution in [0.25, 0.3) is 0 Å². The number of ether oxygens (including phenoxy) is 2. The Hall–Kier alpha value is -1.11. The minimum Gasteiger partial charge on any atom is -0.461 e.